The summed E-state index contributed by atoms with van der Waals surface area (Å²) in [6.07, 6.45) is 2.48. The van der Waals surface area contributed by atoms with E-state index in [1.807, 2.05) is 0 Å². The lowest BCUT2D eigenvalue weighted by Crippen LogP contribution is -2.38. The van der Waals surface area contributed by atoms with Crippen LogP contribution >= 0.6 is 0 Å². The van der Waals surface area contributed by atoms with E-state index in [0.717, 1.165) is 0 Å². The first-order valence-electron chi connectivity index (χ1n) is 7.60. The molecule has 2 N–H and O–H groups in total. The van der Waals surface area contributed by atoms with Crippen LogP contribution in [-0.2, 0) is 6.42 Å². The highest BCUT2D eigenvalue weighted by Gasteiger charge is 2.49. The fourth-order valence-electron chi connectivity index (χ4n) is 4.53. The zero-order chi connectivity index (χ0) is 13.1. The number of nitrogens with one attached hydrogen (secondary N) is 2. The maximum Gasteiger partial charge on any atom is 0.0382 e. The molecule has 0 saturated heterocycles. The van der Waals surface area contributed by atoms with Crippen LogP contribution in [0.15, 0.2) is 48.5 Å². The van der Waals surface area contributed by atoms with Gasteiger partial charge in [-0.2, -0.15) is 0 Å². The Bertz CT molecular complexity index is 679. The lowest BCUT2D eigenvalue weighted by Gasteiger charge is -2.33. The summed E-state index contributed by atoms with van der Waals surface area (Å²) in [6.45, 7) is 0. The number of anilines is 2. The highest BCUT2D eigenvalue weighted by molar-refractivity contribution is 5.62. The summed E-state index contributed by atoms with van der Waals surface area (Å²) in [6, 6.07) is 18.9. The largest absolute Gasteiger partial charge is 0.382 e. The maximum atomic E-state index is 3.83. The third-order valence-corrected chi connectivity index (χ3v) is 5.42. The summed E-state index contributed by atoms with van der Waals surface area (Å²) in [5.74, 6) is 1.37. The molecule has 0 radical (unpaired) electrons. The van der Waals surface area contributed by atoms with Crippen LogP contribution in [0.2, 0.25) is 0 Å². The van der Waals surface area contributed by atoms with Crippen LogP contribution in [0.25, 0.3) is 0 Å². The smallest absolute Gasteiger partial charge is 0.0382 e. The number of rotatable bonds is 0. The van der Waals surface area contributed by atoms with E-state index in [2.05, 4.69) is 59.2 Å². The van der Waals surface area contributed by atoms with Gasteiger partial charge in [-0.05, 0) is 36.1 Å². The van der Waals surface area contributed by atoms with Crippen molar-refractivity contribution in [3.63, 3.8) is 0 Å². The Labute approximate surface area is 119 Å². The second-order valence-electron chi connectivity index (χ2n) is 6.38. The van der Waals surface area contributed by atoms with Gasteiger partial charge in [0.2, 0.25) is 0 Å². The van der Waals surface area contributed by atoms with E-state index >= 15 is 0 Å². The number of hydrogen-bond acceptors (Lipinski definition) is 2. The predicted octanol–water partition coefficient (Wildman–Crippen LogP) is 3.62. The van der Waals surface area contributed by atoms with Crippen molar-refractivity contribution in [3.8, 4) is 0 Å². The average molecular weight is 262 g/mol. The second kappa shape index (κ2) is 3.78. The fraction of sp³-hybridized carbons (Fsp3) is 0.333. The van der Waals surface area contributed by atoms with Crippen molar-refractivity contribution in [2.45, 2.75) is 30.8 Å². The van der Waals surface area contributed by atoms with E-state index in [0.29, 0.717) is 23.9 Å². The Morgan fingerprint density at radius 1 is 0.850 bits per heavy atom. The molecule has 2 heterocycles. The van der Waals surface area contributed by atoms with Crippen molar-refractivity contribution in [2.24, 2.45) is 5.92 Å². The van der Waals surface area contributed by atoms with Gasteiger partial charge in [0.1, 0.15) is 0 Å². The maximum absolute atomic E-state index is 3.83. The van der Waals surface area contributed by atoms with Crippen LogP contribution in [0, 0.1) is 5.92 Å². The Balaban J connectivity index is 1.60. The Morgan fingerprint density at radius 2 is 1.65 bits per heavy atom. The van der Waals surface area contributed by atoms with Crippen LogP contribution in [0.4, 0.5) is 11.4 Å². The van der Waals surface area contributed by atoms with Crippen molar-refractivity contribution >= 4 is 11.4 Å². The van der Waals surface area contributed by atoms with Crippen molar-refractivity contribution in [2.75, 3.05) is 10.6 Å². The van der Waals surface area contributed by atoms with E-state index in [4.69, 9.17) is 0 Å². The number of fused-ring (bicyclic) bond motifs is 8. The molecule has 2 heteroatoms. The van der Waals surface area contributed by atoms with E-state index in [1.54, 1.807) is 0 Å². The molecule has 5 rings (SSSR count). The Hall–Kier alpha value is -1.96. The van der Waals surface area contributed by atoms with Gasteiger partial charge < -0.3 is 10.6 Å². The summed E-state index contributed by atoms with van der Waals surface area (Å²) in [5.41, 5.74) is 5.68. The van der Waals surface area contributed by atoms with E-state index in [1.165, 1.54) is 35.3 Å². The zero-order valence-electron chi connectivity index (χ0n) is 11.3. The molecule has 2 nitrogen and oxygen atoms in total. The van der Waals surface area contributed by atoms with Gasteiger partial charge in [-0.1, -0.05) is 36.4 Å². The Morgan fingerprint density at radius 3 is 2.60 bits per heavy atom. The molecule has 2 bridgehead atoms. The SMILES string of the molecule is c1ccc2c(c1)C[C@@H]1C3CC(c4ccccc4N3)[C@@H]1N2. The van der Waals surface area contributed by atoms with Crippen LogP contribution < -0.4 is 10.6 Å². The van der Waals surface area contributed by atoms with Crippen LogP contribution in [0.3, 0.4) is 0 Å². The third-order valence-electron chi connectivity index (χ3n) is 5.42. The van der Waals surface area contributed by atoms with Crippen LogP contribution in [-0.4, -0.2) is 12.1 Å². The molecule has 0 spiro atoms. The molecule has 2 aliphatic heterocycles. The standard InChI is InChI=1S/C18H18N2/c1-3-7-15-11(5-1)9-14-17-10-13(18(14)20-15)12-6-2-4-8-16(12)19-17/h1-8,13-14,17-20H,9-10H2/t13?,14-,17?,18+/m1/s1. The highest BCUT2D eigenvalue weighted by Crippen LogP contribution is 2.51. The summed E-state index contributed by atoms with van der Waals surface area (Å²) in [4.78, 5) is 0. The van der Waals surface area contributed by atoms with Gasteiger partial charge in [0.15, 0.2) is 0 Å². The van der Waals surface area contributed by atoms with Gasteiger partial charge in [0.25, 0.3) is 0 Å². The number of hydrogen-bond donors (Lipinski definition) is 2. The van der Waals surface area contributed by atoms with Crippen molar-refractivity contribution in [1.29, 1.82) is 0 Å². The van der Waals surface area contributed by atoms with E-state index in [9.17, 15) is 0 Å². The van der Waals surface area contributed by atoms with Gasteiger partial charge >= 0.3 is 0 Å². The number of benzene rings is 2. The molecule has 3 aliphatic rings. The van der Waals surface area contributed by atoms with Gasteiger partial charge in [0.05, 0.1) is 0 Å². The molecule has 2 aromatic rings. The topological polar surface area (TPSA) is 24.1 Å². The first kappa shape index (κ1) is 10.8. The quantitative estimate of drug-likeness (QED) is 0.757. The molecule has 100 valence electrons. The lowest BCUT2D eigenvalue weighted by molar-refractivity contribution is 0.453. The molecular formula is C18H18N2. The van der Waals surface area contributed by atoms with Gasteiger partial charge in [-0.15, -0.1) is 0 Å². The molecule has 1 fully saturated rings. The Kier molecular flexibility index (Phi) is 2.04. The molecule has 2 aromatic carbocycles. The van der Waals surface area contributed by atoms with Gasteiger partial charge in [0, 0.05) is 35.3 Å². The molecule has 2 unspecified atom stereocenters. The van der Waals surface area contributed by atoms with Crippen LogP contribution in [0.1, 0.15) is 23.5 Å². The van der Waals surface area contributed by atoms with Gasteiger partial charge in [-0.3, -0.25) is 0 Å². The zero-order valence-corrected chi connectivity index (χ0v) is 11.3. The summed E-state index contributed by atoms with van der Waals surface area (Å²) in [7, 11) is 0. The predicted molar refractivity (Wildman–Crippen MR) is 82.3 cm³/mol. The number of para-hydroxylation sites is 2. The highest BCUT2D eigenvalue weighted by atomic mass is 15.1. The van der Waals surface area contributed by atoms with E-state index in [-0.39, 0.29) is 0 Å². The fourth-order valence-corrected chi connectivity index (χ4v) is 4.53. The molecular weight excluding hydrogens is 244 g/mol. The average Bonchev–Trinajstić information content (AvgIpc) is 2.79. The molecule has 0 amide bonds. The summed E-state index contributed by atoms with van der Waals surface area (Å²) in [5, 5.41) is 7.61. The van der Waals surface area contributed by atoms with Crippen LogP contribution in [0.5, 0.6) is 0 Å². The second-order valence-corrected chi connectivity index (χ2v) is 6.38. The molecule has 0 aromatic heterocycles. The van der Waals surface area contributed by atoms with Crippen molar-refractivity contribution < 1.29 is 0 Å². The minimum atomic E-state index is 0.589. The van der Waals surface area contributed by atoms with Gasteiger partial charge in [-0.25, -0.2) is 0 Å². The molecule has 4 atom stereocenters. The third kappa shape index (κ3) is 1.34. The summed E-state index contributed by atoms with van der Waals surface area (Å²) < 4.78 is 0. The first-order valence-corrected chi connectivity index (χ1v) is 7.60. The monoisotopic (exact) mass is 262 g/mol. The lowest BCUT2D eigenvalue weighted by atomic mass is 9.84. The first-order chi connectivity index (χ1) is 9.90. The molecule has 1 saturated carbocycles. The van der Waals surface area contributed by atoms with Crippen molar-refractivity contribution in [1.82, 2.24) is 0 Å². The molecule has 20 heavy (non-hydrogen) atoms. The minimum absolute atomic E-state index is 0.589. The normalized spacial score (nSPS) is 32.4. The minimum Gasteiger partial charge on any atom is -0.382 e. The van der Waals surface area contributed by atoms with Crippen molar-refractivity contribution in [3.05, 3.63) is 59.7 Å². The summed E-state index contributed by atoms with van der Waals surface area (Å²) >= 11 is 0. The van der Waals surface area contributed by atoms with E-state index < -0.39 is 0 Å². The molecule has 1 aliphatic carbocycles.